The van der Waals surface area contributed by atoms with Gasteiger partial charge in [-0.05, 0) is 50.2 Å². The SMILES string of the molecule is CCC(C)(CC)NCC(O)COc1ccccc1C1CCCCCC1. The number of rotatable bonds is 9. The van der Waals surface area contributed by atoms with Crippen molar-refractivity contribution in [3.05, 3.63) is 29.8 Å². The summed E-state index contributed by atoms with van der Waals surface area (Å²) in [5.74, 6) is 1.57. The van der Waals surface area contributed by atoms with Gasteiger partial charge in [0.2, 0.25) is 0 Å². The largest absolute Gasteiger partial charge is 0.491 e. The van der Waals surface area contributed by atoms with Gasteiger partial charge < -0.3 is 15.2 Å². The van der Waals surface area contributed by atoms with E-state index >= 15 is 0 Å². The maximum absolute atomic E-state index is 10.3. The van der Waals surface area contributed by atoms with Gasteiger partial charge in [0.05, 0.1) is 0 Å². The van der Waals surface area contributed by atoms with Crippen molar-refractivity contribution >= 4 is 0 Å². The van der Waals surface area contributed by atoms with Crippen LogP contribution in [0.2, 0.25) is 0 Å². The highest BCUT2D eigenvalue weighted by Crippen LogP contribution is 2.36. The Hall–Kier alpha value is -1.06. The van der Waals surface area contributed by atoms with Gasteiger partial charge in [-0.15, -0.1) is 0 Å². The zero-order valence-electron chi connectivity index (χ0n) is 16.4. The number of nitrogens with one attached hydrogen (secondary N) is 1. The van der Waals surface area contributed by atoms with E-state index in [1.54, 1.807) is 0 Å². The highest BCUT2D eigenvalue weighted by atomic mass is 16.5. The van der Waals surface area contributed by atoms with E-state index in [4.69, 9.17) is 4.74 Å². The van der Waals surface area contributed by atoms with Gasteiger partial charge in [0.1, 0.15) is 18.5 Å². The second-order valence-corrected chi connectivity index (χ2v) is 7.84. The fourth-order valence-corrected chi connectivity index (χ4v) is 3.65. The Morgan fingerprint density at radius 3 is 2.40 bits per heavy atom. The van der Waals surface area contributed by atoms with Crippen LogP contribution in [0.1, 0.15) is 83.6 Å². The maximum Gasteiger partial charge on any atom is 0.122 e. The Bertz CT molecular complexity index is 491. The lowest BCUT2D eigenvalue weighted by molar-refractivity contribution is 0.0959. The molecule has 0 saturated heterocycles. The number of ether oxygens (including phenoxy) is 1. The molecule has 1 aliphatic carbocycles. The molecule has 0 aliphatic heterocycles. The van der Waals surface area contributed by atoms with Gasteiger partial charge in [-0.3, -0.25) is 0 Å². The van der Waals surface area contributed by atoms with Gasteiger partial charge in [-0.25, -0.2) is 0 Å². The third-order valence-electron chi connectivity index (χ3n) is 5.97. The van der Waals surface area contributed by atoms with Crippen LogP contribution in [-0.4, -0.2) is 29.9 Å². The molecule has 1 saturated carbocycles. The van der Waals surface area contributed by atoms with E-state index in [9.17, 15) is 5.11 Å². The van der Waals surface area contributed by atoms with Crippen molar-refractivity contribution in [3.8, 4) is 5.75 Å². The first-order chi connectivity index (χ1) is 12.1. The molecule has 1 atom stereocenters. The van der Waals surface area contributed by atoms with Gasteiger partial charge in [-0.1, -0.05) is 57.7 Å². The minimum absolute atomic E-state index is 0.0965. The summed E-state index contributed by atoms with van der Waals surface area (Å²) in [6.45, 7) is 7.50. The van der Waals surface area contributed by atoms with Crippen molar-refractivity contribution in [2.24, 2.45) is 0 Å². The summed E-state index contributed by atoms with van der Waals surface area (Å²) in [6.07, 6.45) is 9.50. The molecule has 1 fully saturated rings. The van der Waals surface area contributed by atoms with Gasteiger partial charge in [-0.2, -0.15) is 0 Å². The summed E-state index contributed by atoms with van der Waals surface area (Å²) >= 11 is 0. The fourth-order valence-electron chi connectivity index (χ4n) is 3.65. The Kier molecular flexibility index (Phi) is 8.25. The molecule has 2 N–H and O–H groups in total. The van der Waals surface area contributed by atoms with Crippen LogP contribution in [0.5, 0.6) is 5.75 Å². The normalized spacial score (nSPS) is 17.9. The smallest absolute Gasteiger partial charge is 0.122 e. The van der Waals surface area contributed by atoms with Crippen LogP contribution >= 0.6 is 0 Å². The van der Waals surface area contributed by atoms with Crippen molar-refractivity contribution < 1.29 is 9.84 Å². The molecule has 25 heavy (non-hydrogen) atoms. The number of β-amino-alcohol motifs (C(OH)–C–C–N with tert-alkyl or cyclic N) is 1. The molecule has 1 aliphatic rings. The average Bonchev–Trinajstić information content (AvgIpc) is 2.94. The predicted octanol–water partition coefficient (Wildman–Crippen LogP) is 5.03. The molecule has 1 aromatic carbocycles. The zero-order valence-corrected chi connectivity index (χ0v) is 16.4. The van der Waals surface area contributed by atoms with Crippen molar-refractivity contribution in [2.45, 2.75) is 89.7 Å². The summed E-state index contributed by atoms with van der Waals surface area (Å²) in [5.41, 5.74) is 1.43. The molecular formula is C22H37NO2. The van der Waals surface area contributed by atoms with Crippen LogP contribution in [0.15, 0.2) is 24.3 Å². The summed E-state index contributed by atoms with van der Waals surface area (Å²) in [7, 11) is 0. The standard InChI is InChI=1S/C22H37NO2/c1-4-22(3,5-2)23-16-19(24)17-25-21-15-11-10-14-20(21)18-12-8-6-7-9-13-18/h10-11,14-15,18-19,23-24H,4-9,12-13,16-17H2,1-3H3. The first-order valence-corrected chi connectivity index (χ1v) is 10.2. The summed E-state index contributed by atoms with van der Waals surface area (Å²) in [6, 6.07) is 8.41. The maximum atomic E-state index is 10.3. The van der Waals surface area contributed by atoms with Crippen molar-refractivity contribution in [3.63, 3.8) is 0 Å². The molecular weight excluding hydrogens is 310 g/mol. The number of benzene rings is 1. The van der Waals surface area contributed by atoms with Crippen LogP contribution in [0, 0.1) is 0 Å². The van der Waals surface area contributed by atoms with E-state index in [1.807, 2.05) is 6.07 Å². The highest BCUT2D eigenvalue weighted by Gasteiger charge is 2.21. The molecule has 2 rings (SSSR count). The van der Waals surface area contributed by atoms with Crippen LogP contribution in [0.4, 0.5) is 0 Å². The van der Waals surface area contributed by atoms with Crippen LogP contribution in [-0.2, 0) is 0 Å². The van der Waals surface area contributed by atoms with Crippen molar-refractivity contribution in [1.29, 1.82) is 0 Å². The molecule has 142 valence electrons. The molecule has 1 aromatic rings. The van der Waals surface area contributed by atoms with E-state index < -0.39 is 6.10 Å². The Morgan fingerprint density at radius 2 is 1.76 bits per heavy atom. The van der Waals surface area contributed by atoms with Crippen LogP contribution in [0.3, 0.4) is 0 Å². The molecule has 0 radical (unpaired) electrons. The fraction of sp³-hybridized carbons (Fsp3) is 0.727. The number of hydrogen-bond acceptors (Lipinski definition) is 3. The monoisotopic (exact) mass is 347 g/mol. The lowest BCUT2D eigenvalue weighted by atomic mass is 9.91. The number of para-hydroxylation sites is 1. The lowest BCUT2D eigenvalue weighted by Gasteiger charge is -2.29. The van der Waals surface area contributed by atoms with Gasteiger partial charge in [0.15, 0.2) is 0 Å². The highest BCUT2D eigenvalue weighted by molar-refractivity contribution is 5.36. The summed E-state index contributed by atoms with van der Waals surface area (Å²) in [4.78, 5) is 0. The van der Waals surface area contributed by atoms with Gasteiger partial charge in [0, 0.05) is 12.1 Å². The predicted molar refractivity (Wildman–Crippen MR) is 105 cm³/mol. The van der Waals surface area contributed by atoms with Crippen molar-refractivity contribution in [1.82, 2.24) is 5.32 Å². The summed E-state index contributed by atoms with van der Waals surface area (Å²) in [5, 5.41) is 13.8. The molecule has 0 amide bonds. The van der Waals surface area contributed by atoms with E-state index in [-0.39, 0.29) is 5.54 Å². The van der Waals surface area contributed by atoms with Gasteiger partial charge >= 0.3 is 0 Å². The van der Waals surface area contributed by atoms with E-state index in [0.29, 0.717) is 19.1 Å². The lowest BCUT2D eigenvalue weighted by Crippen LogP contribution is -2.46. The molecule has 1 unspecified atom stereocenters. The van der Waals surface area contributed by atoms with Crippen molar-refractivity contribution in [2.75, 3.05) is 13.2 Å². The first kappa shape index (κ1) is 20.3. The molecule has 0 aromatic heterocycles. The third kappa shape index (κ3) is 6.31. The van der Waals surface area contributed by atoms with E-state index in [0.717, 1.165) is 18.6 Å². The van der Waals surface area contributed by atoms with E-state index in [1.165, 1.54) is 44.1 Å². The Morgan fingerprint density at radius 1 is 1.12 bits per heavy atom. The number of aliphatic hydroxyl groups is 1. The first-order valence-electron chi connectivity index (χ1n) is 10.2. The molecule has 3 nitrogen and oxygen atoms in total. The molecule has 0 bridgehead atoms. The summed E-state index contributed by atoms with van der Waals surface area (Å²) < 4.78 is 6.04. The molecule has 0 heterocycles. The van der Waals surface area contributed by atoms with Gasteiger partial charge in [0.25, 0.3) is 0 Å². The topological polar surface area (TPSA) is 41.5 Å². The molecule has 0 spiro atoms. The Labute approximate surface area is 154 Å². The number of hydrogen-bond donors (Lipinski definition) is 2. The van der Waals surface area contributed by atoms with E-state index in [2.05, 4.69) is 44.3 Å². The second-order valence-electron chi connectivity index (χ2n) is 7.84. The molecule has 3 heteroatoms. The average molecular weight is 348 g/mol. The zero-order chi connectivity index (χ0) is 18.1. The number of aliphatic hydroxyl groups excluding tert-OH is 1. The minimum atomic E-state index is -0.486. The van der Waals surface area contributed by atoms with Crippen LogP contribution in [0.25, 0.3) is 0 Å². The van der Waals surface area contributed by atoms with Crippen LogP contribution < -0.4 is 10.1 Å². The minimum Gasteiger partial charge on any atom is -0.491 e. The quantitative estimate of drug-likeness (QED) is 0.615. The Balaban J connectivity index is 1.90. The second kappa shape index (κ2) is 10.2. The third-order valence-corrected chi connectivity index (χ3v) is 5.97.